The Kier molecular flexibility index (Phi) is 16.3. The summed E-state index contributed by atoms with van der Waals surface area (Å²) in [6, 6.07) is 11.2. The maximum absolute atomic E-state index is 14.6. The van der Waals surface area contributed by atoms with Crippen molar-refractivity contribution < 1.29 is 33.8 Å². The van der Waals surface area contributed by atoms with Gasteiger partial charge in [-0.25, -0.2) is 9.59 Å². The highest BCUT2D eigenvalue weighted by atomic mass is 16.6. The van der Waals surface area contributed by atoms with Gasteiger partial charge >= 0.3 is 12.1 Å². The molecule has 10 nitrogen and oxygen atoms in total. The Morgan fingerprint density at radius 2 is 1.39 bits per heavy atom. The van der Waals surface area contributed by atoms with Crippen molar-refractivity contribution in [1.29, 1.82) is 0 Å². The lowest BCUT2D eigenvalue weighted by molar-refractivity contribution is -0.159. The second-order valence-electron chi connectivity index (χ2n) is 14.7. The average Bonchev–Trinajstić information content (AvgIpc) is 3.00. The Morgan fingerprint density at radius 1 is 0.776 bits per heavy atom. The van der Waals surface area contributed by atoms with E-state index in [0.29, 0.717) is 12.0 Å². The zero-order chi connectivity index (χ0) is 36.8. The number of nitrogens with zero attached hydrogens (tertiary/aromatic N) is 1. The molecular weight excluding hydrogens is 622 g/mol. The van der Waals surface area contributed by atoms with Crippen LogP contribution in [0, 0.1) is 13.8 Å². The van der Waals surface area contributed by atoms with Gasteiger partial charge in [-0.3, -0.25) is 9.59 Å². The van der Waals surface area contributed by atoms with Gasteiger partial charge in [-0.2, -0.15) is 0 Å². The fourth-order valence-electron chi connectivity index (χ4n) is 5.34. The van der Waals surface area contributed by atoms with E-state index < -0.39 is 59.8 Å². The summed E-state index contributed by atoms with van der Waals surface area (Å²) in [7, 11) is 0. The minimum atomic E-state index is -1.37. The summed E-state index contributed by atoms with van der Waals surface area (Å²) in [6.07, 6.45) is 4.95. The molecule has 0 aliphatic heterocycles. The first kappa shape index (κ1) is 41.3. The Labute approximate surface area is 293 Å². The monoisotopic (exact) mass is 681 g/mol. The number of carbonyl (C=O) groups excluding carboxylic acids is 4. The zero-order valence-corrected chi connectivity index (χ0v) is 31.1. The molecule has 2 aromatic carbocycles. The molecule has 0 heterocycles. The number of carbonyl (C=O) groups is 4. The summed E-state index contributed by atoms with van der Waals surface area (Å²) in [5.74, 6) is -1.82. The number of rotatable bonds is 17. The number of aryl methyl sites for hydroxylation is 2. The van der Waals surface area contributed by atoms with Gasteiger partial charge in [-0.15, -0.1) is 0 Å². The molecule has 3 N–H and O–H groups in total. The lowest BCUT2D eigenvalue weighted by Crippen LogP contribution is -2.56. The third kappa shape index (κ3) is 14.6. The predicted molar refractivity (Wildman–Crippen MR) is 192 cm³/mol. The molecule has 3 amide bonds. The van der Waals surface area contributed by atoms with Gasteiger partial charge in [-0.1, -0.05) is 87.6 Å². The van der Waals surface area contributed by atoms with Crippen LogP contribution >= 0.6 is 0 Å². The van der Waals surface area contributed by atoms with Gasteiger partial charge < -0.3 is 30.1 Å². The van der Waals surface area contributed by atoms with Crippen molar-refractivity contribution in [3.05, 3.63) is 70.8 Å². The van der Waals surface area contributed by atoms with Crippen LogP contribution in [0.4, 0.5) is 4.79 Å². The Morgan fingerprint density at radius 3 is 1.96 bits per heavy atom. The molecule has 0 radical (unpaired) electrons. The summed E-state index contributed by atoms with van der Waals surface area (Å²) in [4.78, 5) is 56.6. The fourth-order valence-corrected chi connectivity index (χ4v) is 5.34. The number of benzene rings is 2. The van der Waals surface area contributed by atoms with Crippen molar-refractivity contribution in [1.82, 2.24) is 15.5 Å². The minimum absolute atomic E-state index is 0.173. The zero-order valence-electron chi connectivity index (χ0n) is 31.1. The van der Waals surface area contributed by atoms with E-state index in [-0.39, 0.29) is 13.0 Å². The second-order valence-corrected chi connectivity index (χ2v) is 14.7. The number of unbranched alkanes of at least 4 members (excludes halogenated alkanes) is 5. The van der Waals surface area contributed by atoms with Crippen LogP contribution in [-0.4, -0.2) is 70.3 Å². The number of alkyl carbamates (subject to hydrolysis) is 1. The third-order valence-electron chi connectivity index (χ3n) is 7.90. The number of ether oxygens (including phenoxy) is 2. The van der Waals surface area contributed by atoms with Gasteiger partial charge in [0.2, 0.25) is 11.8 Å². The molecule has 0 aromatic heterocycles. The molecular formula is C39H59N3O7. The smallest absolute Gasteiger partial charge is 0.408 e. The second kappa shape index (κ2) is 19.3. The van der Waals surface area contributed by atoms with Crippen LogP contribution in [0.5, 0.6) is 0 Å². The van der Waals surface area contributed by atoms with Gasteiger partial charge in [0.25, 0.3) is 0 Å². The molecule has 49 heavy (non-hydrogen) atoms. The van der Waals surface area contributed by atoms with Gasteiger partial charge in [0.05, 0.1) is 6.61 Å². The predicted octanol–water partition coefficient (Wildman–Crippen LogP) is 6.49. The summed E-state index contributed by atoms with van der Waals surface area (Å²) >= 11 is 0. The molecule has 0 fully saturated rings. The van der Waals surface area contributed by atoms with Crippen LogP contribution in [0.25, 0.3) is 0 Å². The SMILES string of the molecule is CCCCCCCCN(C(=O)C(CO)NC(=O)OC(C)(C)C)C(C(=O)NC(Cc1ccccc1)C(=O)OC(C)(C)C)c1ccc(C)c(C)c1. The molecule has 2 rings (SSSR count). The van der Waals surface area contributed by atoms with Gasteiger partial charge in [0, 0.05) is 13.0 Å². The van der Waals surface area contributed by atoms with Crippen LogP contribution < -0.4 is 10.6 Å². The maximum atomic E-state index is 14.6. The van der Waals surface area contributed by atoms with Crippen molar-refractivity contribution in [2.24, 2.45) is 0 Å². The van der Waals surface area contributed by atoms with E-state index in [1.54, 1.807) is 47.6 Å². The number of esters is 1. The highest BCUT2D eigenvalue weighted by Crippen LogP contribution is 2.26. The number of hydrogen-bond acceptors (Lipinski definition) is 7. The third-order valence-corrected chi connectivity index (χ3v) is 7.90. The minimum Gasteiger partial charge on any atom is -0.458 e. The van der Waals surface area contributed by atoms with E-state index in [1.807, 2.05) is 56.3 Å². The quantitative estimate of drug-likeness (QED) is 0.128. The molecule has 0 saturated heterocycles. The summed E-state index contributed by atoms with van der Waals surface area (Å²) in [5.41, 5.74) is 1.65. The van der Waals surface area contributed by atoms with E-state index in [1.165, 1.54) is 4.90 Å². The van der Waals surface area contributed by atoms with Crippen molar-refractivity contribution in [3.63, 3.8) is 0 Å². The van der Waals surface area contributed by atoms with Crippen LogP contribution in [-0.2, 0) is 30.3 Å². The molecule has 10 heteroatoms. The normalized spacial score (nSPS) is 13.5. The van der Waals surface area contributed by atoms with Crippen LogP contribution in [0.2, 0.25) is 0 Å². The average molecular weight is 682 g/mol. The van der Waals surface area contributed by atoms with E-state index in [0.717, 1.165) is 48.8 Å². The maximum Gasteiger partial charge on any atom is 0.408 e. The molecule has 3 unspecified atom stereocenters. The van der Waals surface area contributed by atoms with E-state index in [2.05, 4.69) is 17.6 Å². The van der Waals surface area contributed by atoms with Crippen molar-refractivity contribution in [2.45, 2.75) is 137 Å². The Balaban J connectivity index is 2.60. The Bertz CT molecular complexity index is 1360. The Hall–Kier alpha value is -3.92. The topological polar surface area (TPSA) is 134 Å². The molecule has 0 aliphatic rings. The van der Waals surface area contributed by atoms with Crippen LogP contribution in [0.15, 0.2) is 48.5 Å². The molecule has 2 aromatic rings. The molecule has 272 valence electrons. The fraction of sp³-hybridized carbons (Fsp3) is 0.590. The molecule has 0 bridgehead atoms. The van der Waals surface area contributed by atoms with Gasteiger partial charge in [0.15, 0.2) is 0 Å². The van der Waals surface area contributed by atoms with E-state index >= 15 is 0 Å². The number of aliphatic hydroxyl groups excluding tert-OH is 1. The number of amides is 3. The highest BCUT2D eigenvalue weighted by Gasteiger charge is 2.38. The van der Waals surface area contributed by atoms with Crippen molar-refractivity contribution in [3.8, 4) is 0 Å². The number of nitrogens with one attached hydrogen (secondary N) is 2. The first-order valence-electron chi connectivity index (χ1n) is 17.5. The largest absolute Gasteiger partial charge is 0.458 e. The first-order chi connectivity index (χ1) is 23.0. The van der Waals surface area contributed by atoms with Crippen molar-refractivity contribution >= 4 is 23.9 Å². The van der Waals surface area contributed by atoms with Gasteiger partial charge in [-0.05, 0) is 84.1 Å². The number of hydrogen-bond donors (Lipinski definition) is 3. The number of aliphatic hydroxyl groups is 1. The standard InChI is InChI=1S/C39H59N3O7/c1-10-11-12-13-14-18-23-42(35(45)32(26-43)41-37(47)49-39(7,8)9)33(30-22-21-27(2)28(3)24-30)34(44)40-31(36(46)48-38(4,5)6)25-29-19-16-15-17-20-29/h15-17,19-22,24,31-33,43H,10-14,18,23,25-26H2,1-9H3,(H,40,44)(H,41,47). The summed E-state index contributed by atoms with van der Waals surface area (Å²) in [6.45, 7) is 15.9. The molecule has 3 atom stereocenters. The lowest BCUT2D eigenvalue weighted by atomic mass is 9.97. The van der Waals surface area contributed by atoms with Crippen molar-refractivity contribution in [2.75, 3.05) is 13.2 Å². The molecule has 0 aliphatic carbocycles. The van der Waals surface area contributed by atoms with Crippen LogP contribution in [0.3, 0.4) is 0 Å². The van der Waals surface area contributed by atoms with E-state index in [4.69, 9.17) is 9.47 Å². The highest BCUT2D eigenvalue weighted by molar-refractivity contribution is 5.94. The van der Waals surface area contributed by atoms with E-state index in [9.17, 15) is 24.3 Å². The summed E-state index contributed by atoms with van der Waals surface area (Å²) < 4.78 is 11.1. The van der Waals surface area contributed by atoms with Crippen LogP contribution in [0.1, 0.15) is 115 Å². The first-order valence-corrected chi connectivity index (χ1v) is 17.5. The molecule has 0 spiro atoms. The molecule has 0 saturated carbocycles. The summed E-state index contributed by atoms with van der Waals surface area (Å²) in [5, 5.41) is 15.8. The lowest BCUT2D eigenvalue weighted by Gasteiger charge is -2.35. The van der Waals surface area contributed by atoms with Gasteiger partial charge in [0.1, 0.15) is 29.3 Å².